The lowest BCUT2D eigenvalue weighted by Gasteiger charge is -2.26. The van der Waals surface area contributed by atoms with Crippen molar-refractivity contribution in [1.29, 1.82) is 5.26 Å². The van der Waals surface area contributed by atoms with Crippen molar-refractivity contribution in [2.45, 2.75) is 4.90 Å². The van der Waals surface area contributed by atoms with Crippen molar-refractivity contribution in [2.24, 2.45) is 0 Å². The lowest BCUT2D eigenvalue weighted by molar-refractivity contribution is -0.122. The van der Waals surface area contributed by atoms with Gasteiger partial charge in [-0.25, -0.2) is 8.42 Å². The van der Waals surface area contributed by atoms with Crippen molar-refractivity contribution < 1.29 is 20.7 Å². The summed E-state index contributed by atoms with van der Waals surface area (Å²) in [5, 5.41) is 11.9. The zero-order valence-electron chi connectivity index (χ0n) is 15.6. The summed E-state index contributed by atoms with van der Waals surface area (Å²) in [6.45, 7) is -0.222. The molecule has 0 radical (unpaired) electrons. The third-order valence-electron chi connectivity index (χ3n) is 3.61. The summed E-state index contributed by atoms with van der Waals surface area (Å²) in [7, 11) is -4.24. The first-order valence-electron chi connectivity index (χ1n) is 8.58. The van der Waals surface area contributed by atoms with Crippen LogP contribution in [0.3, 0.4) is 0 Å². The average Bonchev–Trinajstić information content (AvgIpc) is 2.65. The van der Waals surface area contributed by atoms with Crippen LogP contribution in [-0.2, 0) is 14.8 Å². The second-order valence-electron chi connectivity index (χ2n) is 5.49. The van der Waals surface area contributed by atoms with E-state index in [9.17, 15) is 18.5 Å². The fourth-order valence-electron chi connectivity index (χ4n) is 2.41. The Morgan fingerprint density at radius 1 is 1.30 bits per heavy atom. The number of hydrogen-bond acceptors (Lipinski definition) is 5. The fourth-order valence-corrected chi connectivity index (χ4v) is 4.41. The molecule has 1 N–H and O–H groups in total. The van der Waals surface area contributed by atoms with E-state index in [1.807, 2.05) is 0 Å². The maximum Gasteiger partial charge on any atom is 0.247 e. The molecule has 0 unspecified atom stereocenters. The number of amides is 1. The van der Waals surface area contributed by atoms with Gasteiger partial charge >= 0.3 is 0 Å². The molecule has 27 heavy (non-hydrogen) atoms. The van der Waals surface area contributed by atoms with Gasteiger partial charge in [0.15, 0.2) is 0 Å². The first-order valence-corrected chi connectivity index (χ1v) is 9.78. The molecule has 0 aliphatic carbocycles. The van der Waals surface area contributed by atoms with Crippen LogP contribution in [0.15, 0.2) is 41.2 Å². The predicted octanol–water partition coefficient (Wildman–Crippen LogP) is 2.78. The summed E-state index contributed by atoms with van der Waals surface area (Å²) in [4.78, 5) is 11.2. The average molecular weight is 428 g/mol. The molecule has 1 amide bonds. The molecule has 1 fully saturated rings. The Morgan fingerprint density at radius 2 is 2.07 bits per heavy atom. The van der Waals surface area contributed by atoms with E-state index in [0.717, 1.165) is 16.4 Å². The van der Waals surface area contributed by atoms with Crippen molar-refractivity contribution in [2.75, 3.05) is 19.6 Å². The molecule has 1 saturated heterocycles. The van der Waals surface area contributed by atoms with E-state index >= 15 is 0 Å². The first-order chi connectivity index (χ1) is 13.6. The number of hydrogen-bond donors (Lipinski definition) is 1. The smallest absolute Gasteiger partial charge is 0.247 e. The Kier molecular flexibility index (Phi) is 4.83. The van der Waals surface area contributed by atoms with E-state index in [2.05, 4.69) is 5.32 Å². The molecule has 140 valence electrons. The van der Waals surface area contributed by atoms with Crippen LogP contribution in [0.1, 0.15) is 8.30 Å². The number of halogens is 2. The highest BCUT2D eigenvalue weighted by atomic mass is 35.5. The number of ether oxygens (including phenoxy) is 1. The lowest BCUT2D eigenvalue weighted by Crippen LogP contribution is -2.49. The zero-order valence-corrected chi connectivity index (χ0v) is 16.0. The molecule has 7 nitrogen and oxygen atoms in total. The lowest BCUT2D eigenvalue weighted by atomic mass is 10.2. The van der Waals surface area contributed by atoms with Crippen molar-refractivity contribution >= 4 is 39.1 Å². The van der Waals surface area contributed by atoms with Gasteiger partial charge in [0.05, 0.1) is 20.9 Å². The number of piperazine rings is 1. The number of nitrogens with zero attached hydrogens (tertiary/aromatic N) is 2. The van der Waals surface area contributed by atoms with Gasteiger partial charge in [0, 0.05) is 23.1 Å². The highest BCUT2D eigenvalue weighted by molar-refractivity contribution is 7.89. The third-order valence-corrected chi connectivity index (χ3v) is 5.90. The Morgan fingerprint density at radius 3 is 2.78 bits per heavy atom. The van der Waals surface area contributed by atoms with E-state index in [0.29, 0.717) is 0 Å². The summed E-state index contributed by atoms with van der Waals surface area (Å²) in [5.74, 6) is -0.874. The molecule has 0 saturated carbocycles. The highest BCUT2D eigenvalue weighted by Crippen LogP contribution is 2.34. The van der Waals surface area contributed by atoms with Gasteiger partial charge in [-0.15, -0.1) is 0 Å². The van der Waals surface area contributed by atoms with Crippen LogP contribution in [-0.4, -0.2) is 38.3 Å². The van der Waals surface area contributed by atoms with Gasteiger partial charge < -0.3 is 10.1 Å². The maximum absolute atomic E-state index is 13.1. The van der Waals surface area contributed by atoms with Gasteiger partial charge in [0.25, 0.3) is 0 Å². The largest absolute Gasteiger partial charge is 0.456 e. The van der Waals surface area contributed by atoms with Gasteiger partial charge in [0.2, 0.25) is 15.9 Å². The molecule has 10 heteroatoms. The molecule has 0 bridgehead atoms. The van der Waals surface area contributed by atoms with Crippen molar-refractivity contribution in [3.8, 4) is 17.6 Å². The van der Waals surface area contributed by atoms with Crippen molar-refractivity contribution in [1.82, 2.24) is 9.62 Å². The summed E-state index contributed by atoms with van der Waals surface area (Å²) in [6.07, 6.45) is 0. The van der Waals surface area contributed by atoms with Gasteiger partial charge in [-0.1, -0.05) is 23.2 Å². The van der Waals surface area contributed by atoms with E-state index < -0.39 is 20.8 Å². The quantitative estimate of drug-likeness (QED) is 0.808. The molecule has 1 aliphatic heterocycles. The molecule has 1 aliphatic rings. The van der Waals surface area contributed by atoms with Gasteiger partial charge in [-0.3, -0.25) is 4.79 Å². The van der Waals surface area contributed by atoms with Crippen LogP contribution in [0.2, 0.25) is 10.0 Å². The fraction of sp³-hybridized carbons (Fsp3) is 0.176. The highest BCUT2D eigenvalue weighted by Gasteiger charge is 2.32. The maximum atomic E-state index is 13.1. The molecule has 2 aromatic rings. The SMILES string of the molecule is [2H]c1cc(Oc2cc(Cl)cc(Cl)c2[2H])c(S(=O)(=O)N2CCNC(=O)C2)cc1C#N. The number of benzene rings is 2. The standard InChI is InChI=1S/C17H13Cl2N3O4S/c18-12-6-13(19)8-14(7-12)26-15-2-1-11(9-20)5-16(15)27(24,25)22-4-3-21-17(23)10-22/h1-2,5-8H,3-4,10H2,(H,21,23)/i1D,7D. The number of nitriles is 1. The Labute approximate surface area is 168 Å². The van der Waals surface area contributed by atoms with Gasteiger partial charge in [-0.05, 0) is 36.4 Å². The minimum atomic E-state index is -4.24. The van der Waals surface area contributed by atoms with Gasteiger partial charge in [-0.2, -0.15) is 9.57 Å². The van der Waals surface area contributed by atoms with E-state index in [1.165, 1.54) is 12.1 Å². The monoisotopic (exact) mass is 427 g/mol. The second kappa shape index (κ2) is 7.74. The van der Waals surface area contributed by atoms with Crippen molar-refractivity contribution in [3.05, 3.63) is 52.0 Å². The molecule has 0 aromatic heterocycles. The molecular weight excluding hydrogens is 413 g/mol. The number of nitrogens with one attached hydrogen (secondary N) is 1. The molecule has 0 atom stereocenters. The van der Waals surface area contributed by atoms with E-state index in [4.69, 9.17) is 30.7 Å². The molecule has 2 aromatic carbocycles. The summed E-state index contributed by atoms with van der Waals surface area (Å²) in [6, 6.07) is 5.94. The molecule has 1 heterocycles. The number of carbonyl (C=O) groups excluding carboxylic acids is 1. The minimum absolute atomic E-state index is 0.00986. The number of rotatable bonds is 4. The van der Waals surface area contributed by atoms with Crippen LogP contribution >= 0.6 is 23.2 Å². The van der Waals surface area contributed by atoms with Crippen LogP contribution < -0.4 is 10.1 Å². The number of sulfonamides is 1. The van der Waals surface area contributed by atoms with Gasteiger partial charge in [0.1, 0.15) is 16.4 Å². The van der Waals surface area contributed by atoms with Crippen LogP contribution in [0.5, 0.6) is 11.5 Å². The molecule has 0 spiro atoms. The minimum Gasteiger partial charge on any atom is -0.456 e. The Hall–Kier alpha value is -2.31. The topological polar surface area (TPSA) is 99.5 Å². The summed E-state index contributed by atoms with van der Waals surface area (Å²) < 4.78 is 48.7. The van der Waals surface area contributed by atoms with Crippen LogP contribution in [0, 0.1) is 11.3 Å². The van der Waals surface area contributed by atoms with E-state index in [-0.39, 0.29) is 58.8 Å². The Bertz CT molecular complexity index is 1150. The molecule has 3 rings (SSSR count). The predicted molar refractivity (Wildman–Crippen MR) is 99.5 cm³/mol. The van der Waals surface area contributed by atoms with Crippen molar-refractivity contribution in [3.63, 3.8) is 0 Å². The van der Waals surface area contributed by atoms with Crippen LogP contribution in [0.25, 0.3) is 0 Å². The Balaban J connectivity index is 2.14. The first kappa shape index (κ1) is 16.8. The van der Waals surface area contributed by atoms with Crippen LogP contribution in [0.4, 0.5) is 0 Å². The van der Waals surface area contributed by atoms with E-state index in [1.54, 1.807) is 6.07 Å². The summed E-state index contributed by atoms with van der Waals surface area (Å²) >= 11 is 11.9. The number of carbonyl (C=O) groups is 1. The molecular formula is C17H13Cl2N3O4S. The second-order valence-corrected chi connectivity index (χ2v) is 8.24. The normalized spacial score (nSPS) is 16.1. The zero-order chi connectivity index (χ0) is 21.3. The summed E-state index contributed by atoms with van der Waals surface area (Å²) in [5.41, 5.74) is -0.187. The third kappa shape index (κ3) is 4.34.